The Morgan fingerprint density at radius 3 is 2.67 bits per heavy atom. The van der Waals surface area contributed by atoms with Gasteiger partial charge in [-0.1, -0.05) is 6.07 Å². The predicted octanol–water partition coefficient (Wildman–Crippen LogP) is 1.84. The molecule has 0 aliphatic rings. The minimum absolute atomic E-state index is 0.118. The molecule has 1 heterocycles. The van der Waals surface area contributed by atoms with E-state index in [0.29, 0.717) is 6.54 Å². The van der Waals surface area contributed by atoms with Gasteiger partial charge in [-0.3, -0.25) is 4.57 Å². The second-order valence-corrected chi connectivity index (χ2v) is 4.38. The third-order valence-electron chi connectivity index (χ3n) is 2.49. The van der Waals surface area contributed by atoms with E-state index in [9.17, 15) is 0 Å². The molecule has 2 rings (SSSR count). The van der Waals surface area contributed by atoms with Crippen molar-refractivity contribution in [2.24, 2.45) is 5.73 Å². The lowest BCUT2D eigenvalue weighted by atomic mass is 10.2. The van der Waals surface area contributed by atoms with Crippen molar-refractivity contribution in [2.75, 3.05) is 0 Å². The number of nitrogens with zero attached hydrogens (tertiary/aromatic N) is 4. The lowest BCUT2D eigenvalue weighted by molar-refractivity contribution is 1.01. The van der Waals surface area contributed by atoms with E-state index < -0.39 is 0 Å². The molecule has 0 atom stereocenters. The maximum absolute atomic E-state index is 9.07. The second-order valence-electron chi connectivity index (χ2n) is 3.53. The number of aromatic nitrogens is 2. The summed E-state index contributed by atoms with van der Waals surface area (Å²) in [7, 11) is 0. The van der Waals surface area contributed by atoms with Crippen molar-refractivity contribution in [1.82, 2.24) is 9.55 Å². The van der Waals surface area contributed by atoms with E-state index in [4.69, 9.17) is 16.3 Å². The standard InChI is InChI=1S/C12H8BrN5/c13-9-3-8(4-14)1-2-11(9)18-7-17-10(5-15)12(18)6-16/h1-3,7H,4,14H2. The lowest BCUT2D eigenvalue weighted by Gasteiger charge is -2.08. The zero-order chi connectivity index (χ0) is 13.1. The van der Waals surface area contributed by atoms with Crippen LogP contribution in [0.25, 0.3) is 5.69 Å². The molecule has 1 aromatic carbocycles. The van der Waals surface area contributed by atoms with Crippen molar-refractivity contribution >= 4 is 15.9 Å². The Morgan fingerprint density at radius 1 is 1.33 bits per heavy atom. The highest BCUT2D eigenvalue weighted by atomic mass is 79.9. The van der Waals surface area contributed by atoms with Gasteiger partial charge in [-0.05, 0) is 33.6 Å². The molecule has 0 unspecified atom stereocenters. The van der Waals surface area contributed by atoms with E-state index in [1.165, 1.54) is 6.33 Å². The van der Waals surface area contributed by atoms with E-state index in [1.807, 2.05) is 30.3 Å². The van der Waals surface area contributed by atoms with Crippen LogP contribution in [0.5, 0.6) is 0 Å². The fourth-order valence-corrected chi connectivity index (χ4v) is 2.21. The highest BCUT2D eigenvalue weighted by Gasteiger charge is 2.13. The largest absolute Gasteiger partial charge is 0.326 e. The van der Waals surface area contributed by atoms with Gasteiger partial charge < -0.3 is 5.73 Å². The van der Waals surface area contributed by atoms with Crippen molar-refractivity contribution < 1.29 is 0 Å². The predicted molar refractivity (Wildman–Crippen MR) is 68.6 cm³/mol. The first-order chi connectivity index (χ1) is 8.71. The van der Waals surface area contributed by atoms with E-state index in [0.717, 1.165) is 15.7 Å². The number of nitriles is 2. The summed E-state index contributed by atoms with van der Waals surface area (Å²) in [5.74, 6) is 0. The van der Waals surface area contributed by atoms with Crippen LogP contribution < -0.4 is 5.73 Å². The normalized spacial score (nSPS) is 9.78. The molecule has 0 radical (unpaired) electrons. The maximum atomic E-state index is 9.07. The molecule has 1 aromatic heterocycles. The summed E-state index contributed by atoms with van der Waals surface area (Å²) in [5.41, 5.74) is 7.62. The highest BCUT2D eigenvalue weighted by Crippen LogP contribution is 2.24. The zero-order valence-corrected chi connectivity index (χ0v) is 10.8. The Bertz CT molecular complexity index is 675. The maximum Gasteiger partial charge on any atom is 0.177 e. The molecule has 88 valence electrons. The lowest BCUT2D eigenvalue weighted by Crippen LogP contribution is -2.01. The first-order valence-electron chi connectivity index (χ1n) is 5.07. The van der Waals surface area contributed by atoms with Crippen LogP contribution in [0, 0.1) is 22.7 Å². The van der Waals surface area contributed by atoms with E-state index in [2.05, 4.69) is 20.9 Å². The van der Waals surface area contributed by atoms with Crippen molar-refractivity contribution in [3.63, 3.8) is 0 Å². The molecule has 0 saturated heterocycles. The number of halogens is 1. The Hall–Kier alpha value is -2.15. The quantitative estimate of drug-likeness (QED) is 0.916. The topological polar surface area (TPSA) is 91.4 Å². The van der Waals surface area contributed by atoms with Crippen LogP contribution in [0.1, 0.15) is 17.0 Å². The van der Waals surface area contributed by atoms with Gasteiger partial charge in [-0.15, -0.1) is 0 Å². The minimum Gasteiger partial charge on any atom is -0.326 e. The van der Waals surface area contributed by atoms with Gasteiger partial charge in [0.15, 0.2) is 11.4 Å². The Balaban J connectivity index is 2.60. The molecule has 0 spiro atoms. The third-order valence-corrected chi connectivity index (χ3v) is 3.12. The summed E-state index contributed by atoms with van der Waals surface area (Å²) in [5, 5.41) is 17.9. The number of benzene rings is 1. The molecule has 0 fully saturated rings. The molecule has 0 saturated carbocycles. The Labute approximate surface area is 112 Å². The van der Waals surface area contributed by atoms with Gasteiger partial charge in [0.1, 0.15) is 18.5 Å². The SMILES string of the molecule is N#Cc1ncn(-c2ccc(CN)cc2Br)c1C#N. The second kappa shape index (κ2) is 5.01. The van der Waals surface area contributed by atoms with Gasteiger partial charge in [-0.25, -0.2) is 4.98 Å². The van der Waals surface area contributed by atoms with Gasteiger partial charge in [-0.2, -0.15) is 10.5 Å². The first kappa shape index (κ1) is 12.3. The van der Waals surface area contributed by atoms with E-state index >= 15 is 0 Å². The number of hydrogen-bond acceptors (Lipinski definition) is 4. The number of nitrogens with two attached hydrogens (primary N) is 1. The molecular formula is C12H8BrN5. The van der Waals surface area contributed by atoms with Crippen molar-refractivity contribution in [1.29, 1.82) is 10.5 Å². The molecule has 2 aromatic rings. The van der Waals surface area contributed by atoms with Crippen LogP contribution in [-0.2, 0) is 6.54 Å². The number of hydrogen-bond donors (Lipinski definition) is 1. The average molecular weight is 302 g/mol. The minimum atomic E-state index is 0.118. The highest BCUT2D eigenvalue weighted by molar-refractivity contribution is 9.10. The number of imidazole rings is 1. The van der Waals surface area contributed by atoms with Crippen LogP contribution >= 0.6 is 15.9 Å². The molecular weight excluding hydrogens is 294 g/mol. The van der Waals surface area contributed by atoms with Crippen LogP contribution in [0.15, 0.2) is 29.0 Å². The number of rotatable bonds is 2. The van der Waals surface area contributed by atoms with Crippen LogP contribution in [0.3, 0.4) is 0 Å². The fourth-order valence-electron chi connectivity index (χ4n) is 1.59. The summed E-state index contributed by atoms with van der Waals surface area (Å²) < 4.78 is 2.37. The zero-order valence-electron chi connectivity index (χ0n) is 9.26. The summed E-state index contributed by atoms with van der Waals surface area (Å²) in [6.07, 6.45) is 1.46. The van der Waals surface area contributed by atoms with Gasteiger partial charge in [0.05, 0.1) is 5.69 Å². The third kappa shape index (κ3) is 2.00. The Morgan fingerprint density at radius 2 is 2.11 bits per heavy atom. The fraction of sp³-hybridized carbons (Fsp3) is 0.0833. The molecule has 0 bridgehead atoms. The van der Waals surface area contributed by atoms with Crippen molar-refractivity contribution in [3.8, 4) is 17.8 Å². The smallest absolute Gasteiger partial charge is 0.177 e. The van der Waals surface area contributed by atoms with Crippen LogP contribution in [0.2, 0.25) is 0 Å². The van der Waals surface area contributed by atoms with Crippen LogP contribution in [-0.4, -0.2) is 9.55 Å². The van der Waals surface area contributed by atoms with Crippen LogP contribution in [0.4, 0.5) is 0 Å². The van der Waals surface area contributed by atoms with Crippen molar-refractivity contribution in [3.05, 3.63) is 46.0 Å². The molecule has 0 aliphatic carbocycles. The molecule has 0 aliphatic heterocycles. The Kier molecular flexibility index (Phi) is 3.42. The summed E-state index contributed by atoms with van der Waals surface area (Å²) in [6.45, 7) is 0.442. The first-order valence-corrected chi connectivity index (χ1v) is 5.87. The van der Waals surface area contributed by atoms with Crippen molar-refractivity contribution in [2.45, 2.75) is 6.54 Å². The van der Waals surface area contributed by atoms with Gasteiger partial charge in [0.2, 0.25) is 0 Å². The summed E-state index contributed by atoms with van der Waals surface area (Å²) >= 11 is 3.42. The van der Waals surface area contributed by atoms with E-state index in [1.54, 1.807) is 4.57 Å². The molecule has 5 nitrogen and oxygen atoms in total. The molecule has 2 N–H and O–H groups in total. The molecule has 18 heavy (non-hydrogen) atoms. The monoisotopic (exact) mass is 301 g/mol. The van der Waals surface area contributed by atoms with Gasteiger partial charge in [0, 0.05) is 11.0 Å². The van der Waals surface area contributed by atoms with Gasteiger partial charge in [0.25, 0.3) is 0 Å². The molecule has 0 amide bonds. The molecule has 6 heteroatoms. The summed E-state index contributed by atoms with van der Waals surface area (Å²) in [6, 6.07) is 9.45. The average Bonchev–Trinajstić information content (AvgIpc) is 2.81. The van der Waals surface area contributed by atoms with Gasteiger partial charge >= 0.3 is 0 Å². The van der Waals surface area contributed by atoms with E-state index in [-0.39, 0.29) is 11.4 Å². The summed E-state index contributed by atoms with van der Waals surface area (Å²) in [4.78, 5) is 3.90.